The van der Waals surface area contributed by atoms with E-state index in [4.69, 9.17) is 14.8 Å². The standard InChI is InChI=1S/C26H32N6O.C14H14O3P/c1-15(2)24-20-11-19(18-7-9-31(10-8-18)13-23(27)33)5-6-22(20)30-25(24)21-12-32-26(28-14-29-32)17(4)16(21)3;15-18(16-11-13-7-3-1-4-8-13)17-12-14-9-5-2-6-10-14/h5-6,11-12,14-15,18,30H,7-10,13H2,1-4H3,(H2,27,33);1-10H,11-12H2/q;+1. The van der Waals surface area contributed by atoms with Gasteiger partial charge < -0.3 is 10.7 Å². The van der Waals surface area contributed by atoms with E-state index in [1.54, 1.807) is 6.33 Å². The van der Waals surface area contributed by atoms with E-state index in [2.05, 4.69) is 72.1 Å². The Morgan fingerprint density at radius 1 is 0.941 bits per heavy atom. The molecular weight excluding hydrogens is 659 g/mol. The summed E-state index contributed by atoms with van der Waals surface area (Å²) in [5.41, 5.74) is 16.9. The van der Waals surface area contributed by atoms with E-state index in [-0.39, 0.29) is 5.91 Å². The fourth-order valence-electron chi connectivity index (χ4n) is 6.84. The first-order chi connectivity index (χ1) is 24.7. The number of piperidine rings is 1. The van der Waals surface area contributed by atoms with Gasteiger partial charge in [0.2, 0.25) is 5.91 Å². The molecule has 0 spiro atoms. The van der Waals surface area contributed by atoms with Gasteiger partial charge in [-0.25, -0.2) is 9.50 Å². The first kappa shape index (κ1) is 36.1. The molecule has 0 atom stereocenters. The summed E-state index contributed by atoms with van der Waals surface area (Å²) in [4.78, 5) is 21.6. The van der Waals surface area contributed by atoms with Crippen LogP contribution < -0.4 is 5.73 Å². The number of nitrogens with one attached hydrogen (secondary N) is 1. The van der Waals surface area contributed by atoms with Crippen LogP contribution in [0.15, 0.2) is 91.4 Å². The highest BCUT2D eigenvalue weighted by Gasteiger charge is 2.24. The Hall–Kier alpha value is -4.73. The number of likely N-dealkylation sites (tertiary alicyclic amines) is 1. The van der Waals surface area contributed by atoms with E-state index < -0.39 is 8.25 Å². The second-order valence-corrected chi connectivity index (χ2v) is 14.4. The number of benzene rings is 3. The van der Waals surface area contributed by atoms with Crippen molar-refractivity contribution >= 4 is 30.7 Å². The van der Waals surface area contributed by atoms with Crippen LogP contribution in [0.2, 0.25) is 0 Å². The molecule has 1 saturated heterocycles. The van der Waals surface area contributed by atoms with Gasteiger partial charge in [-0.3, -0.25) is 9.69 Å². The molecule has 7 rings (SSSR count). The van der Waals surface area contributed by atoms with E-state index >= 15 is 0 Å². The van der Waals surface area contributed by atoms with Crippen molar-refractivity contribution in [1.82, 2.24) is 24.5 Å². The summed E-state index contributed by atoms with van der Waals surface area (Å²) in [5, 5.41) is 5.69. The Bertz CT molecular complexity index is 2060. The van der Waals surface area contributed by atoms with Gasteiger partial charge in [0.1, 0.15) is 19.5 Å². The Kier molecular flexibility index (Phi) is 11.7. The minimum atomic E-state index is -2.08. The Balaban J connectivity index is 0.000000211. The van der Waals surface area contributed by atoms with Gasteiger partial charge in [-0.1, -0.05) is 80.6 Å². The predicted octanol–water partition coefficient (Wildman–Crippen LogP) is 8.36. The van der Waals surface area contributed by atoms with Crippen molar-refractivity contribution in [2.45, 2.75) is 65.6 Å². The third-order valence-corrected chi connectivity index (χ3v) is 10.3. The second-order valence-electron chi connectivity index (χ2n) is 13.5. The summed E-state index contributed by atoms with van der Waals surface area (Å²) in [5.74, 6) is 0.630. The Labute approximate surface area is 299 Å². The highest BCUT2D eigenvalue weighted by atomic mass is 31.1. The minimum Gasteiger partial charge on any atom is -0.369 e. The third-order valence-electron chi connectivity index (χ3n) is 9.63. The van der Waals surface area contributed by atoms with Crippen LogP contribution in [0, 0.1) is 13.8 Å². The van der Waals surface area contributed by atoms with Crippen LogP contribution >= 0.6 is 8.25 Å². The van der Waals surface area contributed by atoms with Gasteiger partial charge in [-0.15, -0.1) is 9.05 Å². The van der Waals surface area contributed by atoms with Crippen LogP contribution in [0.25, 0.3) is 27.8 Å². The number of hydrogen-bond donors (Lipinski definition) is 2. The SMILES string of the molecule is Cc1c(-c2[nH]c3ccc(C4CCN(CC(N)=O)CC4)cc3c2C(C)C)cn2ncnc2c1C.O=[P+](OCc1ccccc1)OCc1ccccc1. The summed E-state index contributed by atoms with van der Waals surface area (Å²) in [6.07, 6.45) is 5.81. The zero-order chi connectivity index (χ0) is 35.9. The first-order valence-electron chi connectivity index (χ1n) is 17.4. The molecule has 1 amide bonds. The van der Waals surface area contributed by atoms with Crippen molar-refractivity contribution in [2.24, 2.45) is 5.73 Å². The number of rotatable bonds is 11. The van der Waals surface area contributed by atoms with Gasteiger partial charge in [-0.05, 0) is 97.1 Å². The molecule has 3 aromatic heterocycles. The molecule has 1 fully saturated rings. The molecule has 0 radical (unpaired) electrons. The lowest BCUT2D eigenvalue weighted by atomic mass is 9.87. The molecule has 1 aliphatic rings. The lowest BCUT2D eigenvalue weighted by molar-refractivity contribution is -0.119. The number of aromatic nitrogens is 4. The first-order valence-corrected chi connectivity index (χ1v) is 18.5. The van der Waals surface area contributed by atoms with Crippen LogP contribution in [0.3, 0.4) is 0 Å². The maximum atomic E-state index is 11.5. The van der Waals surface area contributed by atoms with Crippen molar-refractivity contribution in [2.75, 3.05) is 19.6 Å². The monoisotopic (exact) mass is 705 g/mol. The largest absolute Gasteiger partial charge is 0.698 e. The van der Waals surface area contributed by atoms with Crippen LogP contribution in [0.5, 0.6) is 0 Å². The quantitative estimate of drug-likeness (QED) is 0.130. The molecule has 1 aliphatic heterocycles. The molecular formula is C40H46N6O4P+. The number of H-pyrrole nitrogens is 1. The number of aromatic amines is 1. The Morgan fingerprint density at radius 3 is 2.16 bits per heavy atom. The van der Waals surface area contributed by atoms with Gasteiger partial charge in [0.05, 0.1) is 12.2 Å². The number of hydrogen-bond acceptors (Lipinski definition) is 7. The number of aryl methyl sites for hydroxylation is 1. The highest BCUT2D eigenvalue weighted by Crippen LogP contribution is 2.40. The smallest absolute Gasteiger partial charge is 0.369 e. The van der Waals surface area contributed by atoms with Gasteiger partial charge in [0.25, 0.3) is 0 Å². The van der Waals surface area contributed by atoms with E-state index in [9.17, 15) is 9.36 Å². The fraction of sp³-hybridized carbons (Fsp3) is 0.325. The van der Waals surface area contributed by atoms with Crippen LogP contribution in [0.4, 0.5) is 0 Å². The summed E-state index contributed by atoms with van der Waals surface area (Å²) >= 11 is 0. The number of nitrogens with two attached hydrogens (primary N) is 1. The average molecular weight is 706 g/mol. The predicted molar refractivity (Wildman–Crippen MR) is 202 cm³/mol. The van der Waals surface area contributed by atoms with Crippen LogP contribution in [0.1, 0.15) is 71.9 Å². The molecule has 0 saturated carbocycles. The number of carbonyl (C=O) groups is 1. The van der Waals surface area contributed by atoms with E-state index in [1.807, 2.05) is 65.2 Å². The van der Waals surface area contributed by atoms with E-state index in [0.29, 0.717) is 31.6 Å². The number of primary amides is 1. The number of fused-ring (bicyclic) bond motifs is 2. The topological polar surface area (TPSA) is 128 Å². The number of carbonyl (C=O) groups excluding carboxylic acids is 1. The normalized spacial score (nSPS) is 13.8. The second kappa shape index (κ2) is 16.5. The van der Waals surface area contributed by atoms with Crippen molar-refractivity contribution < 1.29 is 18.4 Å². The average Bonchev–Trinajstić information content (AvgIpc) is 3.77. The molecule has 4 heterocycles. The van der Waals surface area contributed by atoms with Crippen molar-refractivity contribution in [3.05, 3.63) is 125 Å². The molecule has 0 aliphatic carbocycles. The van der Waals surface area contributed by atoms with Crippen LogP contribution in [-0.4, -0.2) is 50.0 Å². The summed E-state index contributed by atoms with van der Waals surface area (Å²) in [6, 6.07) is 26.0. The summed E-state index contributed by atoms with van der Waals surface area (Å²) < 4.78 is 23.6. The Morgan fingerprint density at radius 2 is 1.57 bits per heavy atom. The lowest BCUT2D eigenvalue weighted by Crippen LogP contribution is -2.39. The number of amides is 1. The number of pyridine rings is 1. The van der Waals surface area contributed by atoms with Gasteiger partial charge in [0.15, 0.2) is 5.65 Å². The molecule has 51 heavy (non-hydrogen) atoms. The molecule has 3 aromatic carbocycles. The van der Waals surface area contributed by atoms with Gasteiger partial charge >= 0.3 is 8.25 Å². The zero-order valence-electron chi connectivity index (χ0n) is 29.7. The number of nitrogens with zero attached hydrogens (tertiary/aromatic N) is 4. The van der Waals surface area contributed by atoms with Crippen LogP contribution in [-0.2, 0) is 31.6 Å². The molecule has 3 N–H and O–H groups in total. The highest BCUT2D eigenvalue weighted by molar-refractivity contribution is 7.33. The molecule has 0 bridgehead atoms. The third kappa shape index (κ3) is 8.78. The van der Waals surface area contributed by atoms with Crippen molar-refractivity contribution in [1.29, 1.82) is 0 Å². The van der Waals surface area contributed by atoms with Crippen molar-refractivity contribution in [3.8, 4) is 11.3 Å². The summed E-state index contributed by atoms with van der Waals surface area (Å²) in [6.45, 7) is 11.6. The van der Waals surface area contributed by atoms with Crippen molar-refractivity contribution in [3.63, 3.8) is 0 Å². The zero-order valence-corrected chi connectivity index (χ0v) is 30.6. The summed E-state index contributed by atoms with van der Waals surface area (Å²) in [7, 11) is -2.08. The molecule has 6 aromatic rings. The fourth-order valence-corrected chi connectivity index (χ4v) is 7.42. The molecule has 10 nitrogen and oxygen atoms in total. The maximum absolute atomic E-state index is 11.5. The van der Waals surface area contributed by atoms with E-state index in [0.717, 1.165) is 48.3 Å². The lowest BCUT2D eigenvalue weighted by Gasteiger charge is -2.31. The van der Waals surface area contributed by atoms with Gasteiger partial charge in [-0.2, -0.15) is 5.10 Å². The van der Waals surface area contributed by atoms with E-state index in [1.165, 1.54) is 38.9 Å². The van der Waals surface area contributed by atoms with Gasteiger partial charge in [0, 0.05) is 27.2 Å². The molecule has 11 heteroatoms. The molecule has 264 valence electrons. The molecule has 0 unspecified atom stereocenters. The maximum Gasteiger partial charge on any atom is 0.698 e. The minimum absolute atomic E-state index is 0.245.